The maximum Gasteiger partial charge on any atom is 0.345 e. The highest BCUT2D eigenvalue weighted by Gasteiger charge is 2.40. The fraction of sp³-hybridized carbons (Fsp3) is 0.550. The molecule has 0 aliphatic carbocycles. The molecule has 11 heteroatoms. The number of hydrogen-bond acceptors (Lipinski definition) is 8. The van der Waals surface area contributed by atoms with Gasteiger partial charge in [0, 0.05) is 43.7 Å². The van der Waals surface area contributed by atoms with Gasteiger partial charge in [-0.2, -0.15) is 14.0 Å². The van der Waals surface area contributed by atoms with Crippen LogP contribution >= 0.6 is 11.3 Å². The van der Waals surface area contributed by atoms with E-state index in [9.17, 15) is 18.8 Å². The summed E-state index contributed by atoms with van der Waals surface area (Å²) in [6.45, 7) is 0.324. The average molecular weight is 448 g/mol. The van der Waals surface area contributed by atoms with E-state index in [1.165, 1.54) is 16.2 Å². The third kappa shape index (κ3) is 4.65. The second kappa shape index (κ2) is 9.20. The first-order valence-corrected chi connectivity index (χ1v) is 10.9. The Kier molecular flexibility index (Phi) is 6.38. The first-order valence-electron chi connectivity index (χ1n) is 10.1. The first-order chi connectivity index (χ1) is 15.0. The average Bonchev–Trinajstić information content (AvgIpc) is 3.39. The van der Waals surface area contributed by atoms with Crippen LogP contribution in [0.4, 0.5) is 14.5 Å². The van der Waals surface area contributed by atoms with Crippen LogP contribution < -0.4 is 4.90 Å². The number of piperidine rings is 1. The van der Waals surface area contributed by atoms with Crippen molar-refractivity contribution in [3.63, 3.8) is 0 Å². The lowest BCUT2D eigenvalue weighted by Crippen LogP contribution is -2.44. The minimum Gasteiger partial charge on any atom is -0.370 e. The summed E-state index contributed by atoms with van der Waals surface area (Å²) in [7, 11) is 0. The number of halogens is 2. The zero-order chi connectivity index (χ0) is 22.0. The molecule has 31 heavy (non-hydrogen) atoms. The van der Waals surface area contributed by atoms with Crippen LogP contribution in [0.5, 0.6) is 0 Å². The molecule has 2 saturated heterocycles. The van der Waals surface area contributed by atoms with E-state index in [1.807, 2.05) is 19.1 Å². The summed E-state index contributed by atoms with van der Waals surface area (Å²) in [4.78, 5) is 20.9. The van der Waals surface area contributed by atoms with Crippen LogP contribution in [0.3, 0.4) is 0 Å². The number of alkyl halides is 2. The van der Waals surface area contributed by atoms with Gasteiger partial charge in [-0.3, -0.25) is 9.78 Å². The normalized spacial score (nSPS) is 22.2. The molecule has 8 nitrogen and oxygen atoms in total. The van der Waals surface area contributed by atoms with Crippen molar-refractivity contribution in [1.82, 2.24) is 20.1 Å². The summed E-state index contributed by atoms with van der Waals surface area (Å²) in [6, 6.07) is 3.24. The maximum atomic E-state index is 13.0. The lowest BCUT2D eigenvalue weighted by atomic mass is 9.94. The number of hydrogen-bond donors (Lipinski definition) is 0. The van der Waals surface area contributed by atoms with E-state index in [0.717, 1.165) is 21.3 Å². The van der Waals surface area contributed by atoms with Crippen molar-refractivity contribution in [2.75, 3.05) is 24.5 Å². The molecular formula is C20H22F2N6O2S. The molecule has 164 valence electrons. The number of nitrogens with zero attached hydrogens (tertiary/aromatic N) is 6. The molecule has 0 aromatic carbocycles. The number of rotatable bonds is 5. The molecule has 4 rings (SSSR count). The summed E-state index contributed by atoms with van der Waals surface area (Å²) < 4.78 is 29.6. The number of carbonyl (C=O) groups excluding carboxylic acids is 1. The minimum absolute atomic E-state index is 0.0325. The Morgan fingerprint density at radius 2 is 2.13 bits per heavy atom. The van der Waals surface area contributed by atoms with Gasteiger partial charge in [-0.25, -0.2) is 0 Å². The molecule has 1 amide bonds. The second-order valence-corrected chi connectivity index (χ2v) is 8.85. The molecule has 0 N–H and O–H groups in total. The fourth-order valence-corrected chi connectivity index (χ4v) is 4.96. The molecule has 0 radical (unpaired) electrons. The number of pyridine rings is 1. The maximum absolute atomic E-state index is 13.0. The van der Waals surface area contributed by atoms with Crippen molar-refractivity contribution >= 4 is 22.9 Å². The highest BCUT2D eigenvalue weighted by molar-refractivity contribution is 7.14. The predicted octanol–water partition coefficient (Wildman–Crippen LogP) is 2.86. The molecular weight excluding hydrogens is 426 g/mol. The highest BCUT2D eigenvalue weighted by atomic mass is 32.1. The van der Waals surface area contributed by atoms with Gasteiger partial charge in [0.05, 0.1) is 24.1 Å². The zero-order valence-electron chi connectivity index (χ0n) is 16.9. The van der Waals surface area contributed by atoms with Crippen molar-refractivity contribution < 1.29 is 18.3 Å². The SMILES string of the molecule is Cc1nnc(-c2ccncc2N2CCC(C(=O)N3C[C@@H](OC(F)F)C[C@@H]3C#N)CC2)s1. The van der Waals surface area contributed by atoms with E-state index in [0.29, 0.717) is 25.9 Å². The van der Waals surface area contributed by atoms with E-state index < -0.39 is 18.8 Å². The van der Waals surface area contributed by atoms with Crippen LogP contribution in [0.2, 0.25) is 0 Å². The molecule has 2 fully saturated rings. The van der Waals surface area contributed by atoms with Crippen molar-refractivity contribution in [1.29, 1.82) is 5.26 Å². The summed E-state index contributed by atoms with van der Waals surface area (Å²) >= 11 is 1.51. The third-order valence-electron chi connectivity index (χ3n) is 5.73. The molecule has 2 aromatic heterocycles. The summed E-state index contributed by atoms with van der Waals surface area (Å²) in [5.41, 5.74) is 1.91. The number of aryl methyl sites for hydroxylation is 1. The van der Waals surface area contributed by atoms with Gasteiger partial charge in [0.25, 0.3) is 0 Å². The molecule has 2 aliphatic heterocycles. The topological polar surface area (TPSA) is 95.2 Å². The molecule has 0 bridgehead atoms. The standard InChI is InChI=1S/C20H22F2N6O2S/c1-12-25-26-18(31-12)16-2-5-24-10-17(16)27-6-3-13(4-7-27)19(29)28-11-15(30-20(21)22)8-14(28)9-23/h2,5,10,13-15,20H,3-4,6-8,11H2,1H3/t14-,15+/m1/s1. The van der Waals surface area contributed by atoms with Crippen molar-refractivity contribution in [3.8, 4) is 16.6 Å². The van der Waals surface area contributed by atoms with Crippen LogP contribution in [0, 0.1) is 24.2 Å². The Morgan fingerprint density at radius 1 is 1.35 bits per heavy atom. The molecule has 0 saturated carbocycles. The Bertz CT molecular complexity index is 973. The molecule has 4 heterocycles. The van der Waals surface area contributed by atoms with E-state index >= 15 is 0 Å². The molecule has 2 aliphatic rings. The highest BCUT2D eigenvalue weighted by Crippen LogP contribution is 2.35. The molecule has 0 spiro atoms. The molecule has 2 aromatic rings. The van der Waals surface area contributed by atoms with Gasteiger partial charge in [-0.15, -0.1) is 10.2 Å². The lowest BCUT2D eigenvalue weighted by Gasteiger charge is -2.35. The molecule has 0 unspecified atom stereocenters. The van der Waals surface area contributed by atoms with Crippen LogP contribution in [-0.4, -0.2) is 64.4 Å². The number of anilines is 1. The summed E-state index contributed by atoms with van der Waals surface area (Å²) in [6.07, 6.45) is 4.05. The smallest absolute Gasteiger partial charge is 0.345 e. The Labute approximate surface area is 182 Å². The lowest BCUT2D eigenvalue weighted by molar-refractivity contribution is -0.160. The largest absolute Gasteiger partial charge is 0.370 e. The van der Waals surface area contributed by atoms with E-state index in [1.54, 1.807) is 12.4 Å². The predicted molar refractivity (Wildman–Crippen MR) is 109 cm³/mol. The van der Waals surface area contributed by atoms with Gasteiger partial charge >= 0.3 is 6.61 Å². The number of aromatic nitrogens is 3. The number of nitriles is 1. The fourth-order valence-electron chi connectivity index (χ4n) is 4.23. The Morgan fingerprint density at radius 3 is 2.77 bits per heavy atom. The van der Waals surface area contributed by atoms with Crippen LogP contribution in [0.15, 0.2) is 18.5 Å². The van der Waals surface area contributed by atoms with Gasteiger partial charge in [-0.05, 0) is 25.8 Å². The van der Waals surface area contributed by atoms with Gasteiger partial charge in [0.15, 0.2) is 0 Å². The Hall–Kier alpha value is -2.71. The Balaban J connectivity index is 1.42. The van der Waals surface area contributed by atoms with Crippen molar-refractivity contribution in [3.05, 3.63) is 23.5 Å². The van der Waals surface area contributed by atoms with Crippen molar-refractivity contribution in [2.45, 2.75) is 44.9 Å². The second-order valence-electron chi connectivity index (χ2n) is 7.67. The van der Waals surface area contributed by atoms with Gasteiger partial charge in [0.2, 0.25) is 5.91 Å². The van der Waals surface area contributed by atoms with E-state index in [2.05, 4.69) is 24.8 Å². The number of amides is 1. The monoisotopic (exact) mass is 448 g/mol. The number of ether oxygens (including phenoxy) is 1. The van der Waals surface area contributed by atoms with Crippen LogP contribution in [0.1, 0.15) is 24.3 Å². The third-order valence-corrected chi connectivity index (χ3v) is 6.60. The van der Waals surface area contributed by atoms with Gasteiger partial charge in [0.1, 0.15) is 16.1 Å². The van der Waals surface area contributed by atoms with Gasteiger partial charge < -0.3 is 14.5 Å². The summed E-state index contributed by atoms with van der Waals surface area (Å²) in [5.74, 6) is -0.404. The van der Waals surface area contributed by atoms with Gasteiger partial charge in [-0.1, -0.05) is 11.3 Å². The summed E-state index contributed by atoms with van der Waals surface area (Å²) in [5, 5.41) is 19.4. The van der Waals surface area contributed by atoms with Crippen molar-refractivity contribution in [2.24, 2.45) is 5.92 Å². The van der Waals surface area contributed by atoms with Crippen LogP contribution in [-0.2, 0) is 9.53 Å². The number of likely N-dealkylation sites (tertiary alicyclic amines) is 1. The molecule has 2 atom stereocenters. The first kappa shape index (κ1) is 21.5. The van der Waals surface area contributed by atoms with E-state index in [-0.39, 0.29) is 24.8 Å². The van der Waals surface area contributed by atoms with E-state index in [4.69, 9.17) is 0 Å². The quantitative estimate of drug-likeness (QED) is 0.694. The van der Waals surface area contributed by atoms with Crippen LogP contribution in [0.25, 0.3) is 10.6 Å². The zero-order valence-corrected chi connectivity index (χ0v) is 17.8. The minimum atomic E-state index is -2.91. The number of carbonyl (C=O) groups is 1.